The van der Waals surface area contributed by atoms with Gasteiger partial charge in [0.15, 0.2) is 0 Å². The Morgan fingerprint density at radius 1 is 1.27 bits per heavy atom. The van der Waals surface area contributed by atoms with Crippen LogP contribution >= 0.6 is 0 Å². The Hall–Kier alpha value is -1.88. The molecule has 0 aromatic heterocycles. The van der Waals surface area contributed by atoms with Crippen molar-refractivity contribution in [1.29, 1.82) is 0 Å². The van der Waals surface area contributed by atoms with Gasteiger partial charge in [-0.2, -0.15) is 0 Å². The highest BCUT2D eigenvalue weighted by molar-refractivity contribution is 6.39. The number of anilines is 1. The molecule has 0 aliphatic heterocycles. The number of hydrogen-bond acceptors (Lipinski definition) is 3. The molecule has 0 bridgehead atoms. The van der Waals surface area contributed by atoms with Crippen LogP contribution in [0, 0.1) is 12.8 Å². The maximum atomic E-state index is 11.8. The average Bonchev–Trinajstić information content (AvgIpc) is 2.43. The second-order valence-corrected chi connectivity index (χ2v) is 6.44. The fourth-order valence-electron chi connectivity index (χ4n) is 1.95. The van der Waals surface area contributed by atoms with E-state index in [0.717, 1.165) is 12.0 Å². The summed E-state index contributed by atoms with van der Waals surface area (Å²) >= 11 is 0. The predicted octanol–water partition coefficient (Wildman–Crippen LogP) is 2.24. The zero-order valence-corrected chi connectivity index (χ0v) is 13.8. The summed E-state index contributed by atoms with van der Waals surface area (Å²) < 4.78 is 0. The second-order valence-electron chi connectivity index (χ2n) is 6.44. The molecule has 3 N–H and O–H groups in total. The fourth-order valence-corrected chi connectivity index (χ4v) is 1.95. The number of carbonyl (C=O) groups is 2. The van der Waals surface area contributed by atoms with E-state index >= 15 is 0 Å². The van der Waals surface area contributed by atoms with Gasteiger partial charge in [-0.25, -0.2) is 0 Å². The number of amides is 2. The maximum absolute atomic E-state index is 11.8. The molecule has 1 aromatic rings. The predicted molar refractivity (Wildman–Crippen MR) is 87.5 cm³/mol. The summed E-state index contributed by atoms with van der Waals surface area (Å²) in [6, 6.07) is 7.21. The largest absolute Gasteiger partial charge is 0.388 e. The molecule has 5 nitrogen and oxygen atoms in total. The normalized spacial score (nSPS) is 13.5. The Morgan fingerprint density at radius 2 is 1.95 bits per heavy atom. The van der Waals surface area contributed by atoms with E-state index in [0.29, 0.717) is 18.0 Å². The number of nitrogens with one attached hydrogen (secondary N) is 2. The lowest BCUT2D eigenvalue weighted by molar-refractivity contribution is -0.136. The molecule has 122 valence electrons. The summed E-state index contributed by atoms with van der Waals surface area (Å²) in [5, 5.41) is 15.2. The fraction of sp³-hybridized carbons (Fsp3) is 0.529. The van der Waals surface area contributed by atoms with Crippen LogP contribution in [0.25, 0.3) is 0 Å². The van der Waals surface area contributed by atoms with Gasteiger partial charge in [0.2, 0.25) is 0 Å². The highest BCUT2D eigenvalue weighted by Gasteiger charge is 2.23. The van der Waals surface area contributed by atoms with Gasteiger partial charge in [-0.1, -0.05) is 26.0 Å². The lowest BCUT2D eigenvalue weighted by Gasteiger charge is -2.24. The summed E-state index contributed by atoms with van der Waals surface area (Å²) in [6.07, 6.45) is 1.43. The van der Waals surface area contributed by atoms with E-state index in [1.54, 1.807) is 25.1 Å². The van der Waals surface area contributed by atoms with E-state index in [1.807, 2.05) is 13.0 Å². The van der Waals surface area contributed by atoms with Crippen LogP contribution in [0.2, 0.25) is 0 Å². The highest BCUT2D eigenvalue weighted by atomic mass is 16.3. The van der Waals surface area contributed by atoms with E-state index in [9.17, 15) is 14.7 Å². The first-order valence-corrected chi connectivity index (χ1v) is 7.58. The van der Waals surface area contributed by atoms with E-state index in [-0.39, 0.29) is 6.54 Å². The average molecular weight is 306 g/mol. The summed E-state index contributed by atoms with van der Waals surface area (Å²) in [6.45, 7) is 7.77. The minimum atomic E-state index is -1.01. The number of benzene rings is 1. The first-order valence-electron chi connectivity index (χ1n) is 7.58. The summed E-state index contributed by atoms with van der Waals surface area (Å²) in [5.74, 6) is -0.997. The molecule has 5 heteroatoms. The third-order valence-corrected chi connectivity index (χ3v) is 3.37. The van der Waals surface area contributed by atoms with Crippen molar-refractivity contribution in [2.45, 2.75) is 46.1 Å². The molecule has 0 unspecified atom stereocenters. The van der Waals surface area contributed by atoms with Crippen molar-refractivity contribution >= 4 is 17.5 Å². The van der Waals surface area contributed by atoms with Gasteiger partial charge < -0.3 is 15.7 Å². The van der Waals surface area contributed by atoms with Gasteiger partial charge in [-0.15, -0.1) is 0 Å². The first-order chi connectivity index (χ1) is 10.2. The Morgan fingerprint density at radius 3 is 2.55 bits per heavy atom. The maximum Gasteiger partial charge on any atom is 0.313 e. The molecule has 1 aromatic carbocycles. The molecule has 0 aliphatic rings. The molecule has 0 saturated carbocycles. The van der Waals surface area contributed by atoms with Crippen LogP contribution in [0.5, 0.6) is 0 Å². The molecule has 0 fully saturated rings. The standard InChI is InChI=1S/C17H26N2O3/c1-12(2)8-9-17(4,22)11-18-15(20)16(21)19-14-7-5-6-13(3)10-14/h5-7,10,12,22H,8-9,11H2,1-4H3,(H,18,20)(H,19,21)/t17-/m1/s1. The van der Waals surface area contributed by atoms with Crippen LogP contribution in [-0.4, -0.2) is 29.1 Å². The zero-order valence-electron chi connectivity index (χ0n) is 13.8. The third-order valence-electron chi connectivity index (χ3n) is 3.37. The summed E-state index contributed by atoms with van der Waals surface area (Å²) in [7, 11) is 0. The molecule has 0 saturated heterocycles. The van der Waals surface area contributed by atoms with E-state index in [2.05, 4.69) is 24.5 Å². The van der Waals surface area contributed by atoms with Crippen molar-refractivity contribution in [2.75, 3.05) is 11.9 Å². The smallest absolute Gasteiger partial charge is 0.313 e. The van der Waals surface area contributed by atoms with Crippen molar-refractivity contribution in [2.24, 2.45) is 5.92 Å². The Kier molecular flexibility index (Phi) is 6.56. The number of aryl methyl sites for hydroxylation is 1. The molecule has 0 radical (unpaired) electrons. The van der Waals surface area contributed by atoms with Crippen molar-refractivity contribution in [3.8, 4) is 0 Å². The van der Waals surface area contributed by atoms with Gasteiger partial charge in [0.05, 0.1) is 5.60 Å². The number of aliphatic hydroxyl groups is 1. The molecule has 1 atom stereocenters. The molecule has 0 heterocycles. The van der Waals surface area contributed by atoms with E-state index in [1.165, 1.54) is 0 Å². The van der Waals surface area contributed by atoms with Gasteiger partial charge in [-0.3, -0.25) is 9.59 Å². The molecule has 0 aliphatic carbocycles. The molecular weight excluding hydrogens is 280 g/mol. The van der Waals surface area contributed by atoms with Crippen molar-refractivity contribution in [3.05, 3.63) is 29.8 Å². The van der Waals surface area contributed by atoms with Gasteiger partial charge in [0.1, 0.15) is 0 Å². The Balaban J connectivity index is 2.46. The third kappa shape index (κ3) is 6.72. The molecule has 22 heavy (non-hydrogen) atoms. The summed E-state index contributed by atoms with van der Waals surface area (Å²) in [5.41, 5.74) is 0.561. The molecular formula is C17H26N2O3. The quantitative estimate of drug-likeness (QED) is 0.705. The zero-order chi connectivity index (χ0) is 16.8. The lowest BCUT2D eigenvalue weighted by Crippen LogP contribution is -2.44. The summed E-state index contributed by atoms with van der Waals surface area (Å²) in [4.78, 5) is 23.6. The number of hydrogen-bond donors (Lipinski definition) is 3. The Bertz CT molecular complexity index is 524. The van der Waals surface area contributed by atoms with Crippen molar-refractivity contribution in [3.63, 3.8) is 0 Å². The topological polar surface area (TPSA) is 78.4 Å². The highest BCUT2D eigenvalue weighted by Crippen LogP contribution is 2.15. The van der Waals surface area contributed by atoms with Crippen LogP contribution in [0.15, 0.2) is 24.3 Å². The number of rotatable bonds is 6. The minimum Gasteiger partial charge on any atom is -0.388 e. The lowest BCUT2D eigenvalue weighted by atomic mass is 9.95. The van der Waals surface area contributed by atoms with Gasteiger partial charge in [-0.05, 0) is 50.3 Å². The van der Waals surface area contributed by atoms with Gasteiger partial charge in [0, 0.05) is 12.2 Å². The van der Waals surface area contributed by atoms with Crippen LogP contribution in [0.4, 0.5) is 5.69 Å². The Labute approximate surface area is 132 Å². The van der Waals surface area contributed by atoms with E-state index < -0.39 is 17.4 Å². The van der Waals surface area contributed by atoms with Crippen LogP contribution < -0.4 is 10.6 Å². The van der Waals surface area contributed by atoms with Crippen LogP contribution in [-0.2, 0) is 9.59 Å². The second kappa shape index (κ2) is 7.94. The van der Waals surface area contributed by atoms with Crippen molar-refractivity contribution < 1.29 is 14.7 Å². The van der Waals surface area contributed by atoms with Crippen LogP contribution in [0.3, 0.4) is 0 Å². The first kappa shape index (κ1) is 18.2. The van der Waals surface area contributed by atoms with Crippen molar-refractivity contribution in [1.82, 2.24) is 5.32 Å². The van der Waals surface area contributed by atoms with Crippen LogP contribution in [0.1, 0.15) is 39.2 Å². The van der Waals surface area contributed by atoms with Gasteiger partial charge >= 0.3 is 11.8 Å². The molecule has 1 rings (SSSR count). The minimum absolute atomic E-state index is 0.0553. The van der Waals surface area contributed by atoms with E-state index in [4.69, 9.17) is 0 Å². The molecule has 2 amide bonds. The molecule has 0 spiro atoms. The number of carbonyl (C=O) groups excluding carboxylic acids is 2. The van der Waals surface area contributed by atoms with Gasteiger partial charge in [0.25, 0.3) is 0 Å². The monoisotopic (exact) mass is 306 g/mol. The SMILES string of the molecule is Cc1cccc(NC(=O)C(=O)NC[C@](C)(O)CCC(C)C)c1.